The summed E-state index contributed by atoms with van der Waals surface area (Å²) in [5.74, 6) is -3.01. The number of hydrogen-bond acceptors (Lipinski definition) is 6. The molecule has 1 atom stereocenters. The summed E-state index contributed by atoms with van der Waals surface area (Å²) in [6.07, 6.45) is -1.67. The van der Waals surface area contributed by atoms with Crippen molar-refractivity contribution in [3.63, 3.8) is 0 Å². The maximum Gasteiger partial charge on any atom is 0.510 e. The Balaban J connectivity index is 4.92. The highest BCUT2D eigenvalue weighted by Gasteiger charge is 2.39. The van der Waals surface area contributed by atoms with Gasteiger partial charge < -0.3 is 14.6 Å². The van der Waals surface area contributed by atoms with Gasteiger partial charge in [-0.15, -0.1) is 4.89 Å². The fourth-order valence-electron chi connectivity index (χ4n) is 0.748. The predicted octanol–water partition coefficient (Wildman–Crippen LogP) is 2.86. The lowest BCUT2D eigenvalue weighted by Crippen LogP contribution is -2.43. The molecule has 20 heavy (non-hydrogen) atoms. The van der Waals surface area contributed by atoms with Gasteiger partial charge in [-0.1, -0.05) is 20.4 Å². The second kappa shape index (κ2) is 6.71. The van der Waals surface area contributed by atoms with Crippen LogP contribution in [0.25, 0.3) is 0 Å². The van der Waals surface area contributed by atoms with E-state index in [2.05, 4.69) is 11.3 Å². The first kappa shape index (κ1) is 18.4. The van der Waals surface area contributed by atoms with Crippen LogP contribution >= 0.6 is 0 Å². The number of carbonyl (C=O) groups excluding carboxylic acids is 1. The number of esters is 1. The van der Waals surface area contributed by atoms with Gasteiger partial charge in [0, 0.05) is 12.5 Å². The van der Waals surface area contributed by atoms with Crippen LogP contribution in [-0.2, 0) is 24.0 Å². The molecule has 7 heteroatoms. The van der Waals surface area contributed by atoms with Gasteiger partial charge in [0.2, 0.25) is 0 Å². The van der Waals surface area contributed by atoms with Gasteiger partial charge in [-0.25, -0.2) is 14.5 Å². The molecule has 0 aliphatic heterocycles. The van der Waals surface area contributed by atoms with Crippen molar-refractivity contribution >= 4 is 12.1 Å². The summed E-state index contributed by atoms with van der Waals surface area (Å²) in [6.45, 7) is 13.1. The first-order valence-corrected chi connectivity index (χ1v) is 6.07. The first-order valence-electron chi connectivity index (χ1n) is 6.07. The highest BCUT2D eigenvalue weighted by atomic mass is 17.3. The molecule has 7 nitrogen and oxygen atoms in total. The third kappa shape index (κ3) is 6.03. The molecular weight excluding hydrogens is 268 g/mol. The Bertz CT molecular complexity index is 386. The minimum absolute atomic E-state index is 0.0634. The molecule has 0 aromatic heterocycles. The monoisotopic (exact) mass is 290 g/mol. The smallest absolute Gasteiger partial charge is 0.450 e. The molecule has 0 amide bonds. The van der Waals surface area contributed by atoms with Gasteiger partial charge in [0.25, 0.3) is 0 Å². The fraction of sp³-hybridized carbons (Fsp3) is 0.692. The summed E-state index contributed by atoms with van der Waals surface area (Å²) in [4.78, 5) is 32.2. The maximum atomic E-state index is 11.5. The van der Waals surface area contributed by atoms with E-state index in [1.54, 1.807) is 13.8 Å². The van der Waals surface area contributed by atoms with Crippen LogP contribution in [-0.4, -0.2) is 28.8 Å². The maximum absolute atomic E-state index is 11.5. The molecule has 0 aromatic rings. The van der Waals surface area contributed by atoms with Crippen molar-refractivity contribution in [2.75, 3.05) is 0 Å². The molecule has 0 spiro atoms. The van der Waals surface area contributed by atoms with Crippen LogP contribution in [0.1, 0.15) is 41.5 Å². The Hall–Kier alpha value is -1.60. The normalized spacial score (nSPS) is 14.6. The van der Waals surface area contributed by atoms with Crippen LogP contribution in [0.2, 0.25) is 0 Å². The highest BCUT2D eigenvalue weighted by molar-refractivity contribution is 5.87. The molecule has 0 fully saturated rings. The molecule has 0 aliphatic rings. The van der Waals surface area contributed by atoms with Crippen LogP contribution in [0.3, 0.4) is 0 Å². The Morgan fingerprint density at radius 1 is 1.10 bits per heavy atom. The van der Waals surface area contributed by atoms with Crippen LogP contribution in [0.15, 0.2) is 12.2 Å². The van der Waals surface area contributed by atoms with E-state index in [4.69, 9.17) is 19.6 Å². The largest absolute Gasteiger partial charge is 0.510 e. The summed E-state index contributed by atoms with van der Waals surface area (Å²) in [7, 11) is 0. The van der Waals surface area contributed by atoms with Crippen LogP contribution in [0, 0.1) is 5.92 Å². The van der Waals surface area contributed by atoms with Gasteiger partial charge >= 0.3 is 18.1 Å². The number of hydrogen-bond donors (Lipinski definition) is 1. The number of carboxylic acid groups (broad SMARTS) is 1. The molecule has 0 radical (unpaired) electrons. The van der Waals surface area contributed by atoms with E-state index in [9.17, 15) is 9.59 Å². The highest BCUT2D eigenvalue weighted by Crippen LogP contribution is 2.25. The molecule has 1 N–H and O–H groups in total. The molecule has 1 unspecified atom stereocenters. The molecule has 0 saturated heterocycles. The molecule has 0 aromatic carbocycles. The number of carbonyl (C=O) groups is 2. The third-order valence-electron chi connectivity index (χ3n) is 2.70. The zero-order valence-corrected chi connectivity index (χ0v) is 12.7. The summed E-state index contributed by atoms with van der Waals surface area (Å²) >= 11 is 0. The van der Waals surface area contributed by atoms with Crippen molar-refractivity contribution in [1.82, 2.24) is 0 Å². The lowest BCUT2D eigenvalue weighted by Gasteiger charge is -2.32. The summed E-state index contributed by atoms with van der Waals surface area (Å²) in [6, 6.07) is 0. The Kier molecular flexibility index (Phi) is 6.18. The van der Waals surface area contributed by atoms with E-state index < -0.39 is 23.7 Å². The molecule has 0 bridgehead atoms. The van der Waals surface area contributed by atoms with E-state index >= 15 is 0 Å². The summed E-state index contributed by atoms with van der Waals surface area (Å²) in [5.41, 5.74) is -0.671. The lowest BCUT2D eigenvalue weighted by molar-refractivity contribution is -0.505. The van der Waals surface area contributed by atoms with Crippen molar-refractivity contribution in [3.8, 4) is 0 Å². The zero-order chi connectivity index (χ0) is 16.1. The molecule has 0 aliphatic carbocycles. The first-order chi connectivity index (χ1) is 8.89. The van der Waals surface area contributed by atoms with E-state index in [-0.39, 0.29) is 11.5 Å². The van der Waals surface area contributed by atoms with Crippen molar-refractivity contribution in [2.24, 2.45) is 5.92 Å². The minimum atomic E-state index is -2.21. The number of ether oxygens (including phenoxy) is 2. The van der Waals surface area contributed by atoms with Crippen LogP contribution in [0.4, 0.5) is 4.79 Å². The van der Waals surface area contributed by atoms with Crippen molar-refractivity contribution < 1.29 is 33.9 Å². The average Bonchev–Trinajstić information content (AvgIpc) is 2.25. The van der Waals surface area contributed by atoms with Gasteiger partial charge in [0.1, 0.15) is 5.60 Å². The van der Waals surface area contributed by atoms with E-state index in [0.29, 0.717) is 0 Å². The average molecular weight is 290 g/mol. The topological polar surface area (TPSA) is 91.3 Å². The Labute approximate surface area is 118 Å². The van der Waals surface area contributed by atoms with Crippen molar-refractivity contribution in [1.29, 1.82) is 0 Å². The molecular formula is C13H22O7. The molecule has 0 saturated carbocycles. The van der Waals surface area contributed by atoms with Crippen LogP contribution < -0.4 is 0 Å². The quantitative estimate of drug-likeness (QED) is 0.253. The second-order valence-electron chi connectivity index (χ2n) is 5.33. The SMILES string of the molecule is C=C(C)C(=O)OC(C)(OOC(C)(C)C(C)C)OC(=O)O. The molecule has 116 valence electrons. The molecule has 0 rings (SSSR count). The van der Waals surface area contributed by atoms with Gasteiger partial charge in [-0.05, 0) is 26.7 Å². The molecule has 0 heterocycles. The Morgan fingerprint density at radius 3 is 1.95 bits per heavy atom. The van der Waals surface area contributed by atoms with Gasteiger partial charge in [-0.3, -0.25) is 0 Å². The van der Waals surface area contributed by atoms with E-state index in [1.165, 1.54) is 6.92 Å². The van der Waals surface area contributed by atoms with Gasteiger partial charge in [0.05, 0.1) is 0 Å². The fourth-order valence-corrected chi connectivity index (χ4v) is 0.748. The second-order valence-corrected chi connectivity index (χ2v) is 5.33. The van der Waals surface area contributed by atoms with Gasteiger partial charge in [-0.2, -0.15) is 0 Å². The summed E-state index contributed by atoms with van der Waals surface area (Å²) in [5, 5.41) is 8.67. The van der Waals surface area contributed by atoms with Crippen molar-refractivity contribution in [2.45, 2.75) is 53.1 Å². The van der Waals surface area contributed by atoms with Crippen LogP contribution in [0.5, 0.6) is 0 Å². The third-order valence-corrected chi connectivity index (χ3v) is 2.70. The lowest BCUT2D eigenvalue weighted by atomic mass is 9.95. The van der Waals surface area contributed by atoms with E-state index in [0.717, 1.165) is 6.92 Å². The standard InChI is InChI=1S/C13H22O7/c1-8(2)10(14)17-13(7,18-11(15)16)20-19-12(5,6)9(3)4/h9H,1H2,2-7H3,(H,15,16). The minimum Gasteiger partial charge on any atom is -0.450 e. The van der Waals surface area contributed by atoms with E-state index in [1.807, 2.05) is 13.8 Å². The zero-order valence-electron chi connectivity index (χ0n) is 12.7. The number of rotatable bonds is 7. The Morgan fingerprint density at radius 2 is 1.60 bits per heavy atom. The van der Waals surface area contributed by atoms with Crippen molar-refractivity contribution in [3.05, 3.63) is 12.2 Å². The summed E-state index contributed by atoms with van der Waals surface area (Å²) < 4.78 is 9.22. The van der Waals surface area contributed by atoms with Gasteiger partial charge in [0.15, 0.2) is 0 Å². The predicted molar refractivity (Wildman–Crippen MR) is 69.5 cm³/mol.